The number of carbonyl (C=O) groups is 2. The molecule has 4 aliphatic heterocycles. The minimum Gasteiger partial charge on any atom is -0.453 e. The number of thioether (sulfide) groups is 1. The van der Waals surface area contributed by atoms with Crippen LogP contribution >= 0.6 is 23.4 Å². The normalized spacial score (nSPS) is 29.0. The quantitative estimate of drug-likeness (QED) is 0.610. The highest BCUT2D eigenvalue weighted by Gasteiger charge is 2.43. The first kappa shape index (κ1) is 25.0. The molecule has 2 amide bonds. The Bertz CT molecular complexity index is 999. The maximum Gasteiger partial charge on any atom is 0.409 e. The van der Waals surface area contributed by atoms with Crippen LogP contribution in [-0.2, 0) is 22.5 Å². The van der Waals surface area contributed by atoms with Crippen LogP contribution in [0.4, 0.5) is 4.79 Å². The number of ether oxygens (including phenoxy) is 1. The number of hydrogen-bond acceptors (Lipinski definition) is 6. The summed E-state index contributed by atoms with van der Waals surface area (Å²) in [5.41, 5.74) is 2.32. The van der Waals surface area contributed by atoms with E-state index < -0.39 is 0 Å². The molecule has 192 valence electrons. The van der Waals surface area contributed by atoms with Crippen molar-refractivity contribution in [2.75, 3.05) is 20.2 Å². The summed E-state index contributed by atoms with van der Waals surface area (Å²) in [6.07, 6.45) is 9.24. The predicted molar refractivity (Wildman–Crippen MR) is 137 cm³/mol. The van der Waals surface area contributed by atoms with Crippen molar-refractivity contribution in [1.29, 1.82) is 0 Å². The van der Waals surface area contributed by atoms with E-state index in [1.54, 1.807) is 23.6 Å². The largest absolute Gasteiger partial charge is 0.453 e. The lowest BCUT2D eigenvalue weighted by Crippen LogP contribution is -2.48. The molecule has 3 unspecified atom stereocenters. The molecule has 0 saturated carbocycles. The average Bonchev–Trinajstić information content (AvgIpc) is 3.47. The van der Waals surface area contributed by atoms with E-state index >= 15 is 0 Å². The fourth-order valence-electron chi connectivity index (χ4n) is 6.73. The van der Waals surface area contributed by atoms with Crippen molar-refractivity contribution >= 4 is 35.4 Å². The summed E-state index contributed by atoms with van der Waals surface area (Å²) >= 11 is 7.91. The van der Waals surface area contributed by atoms with Gasteiger partial charge in [0.1, 0.15) is 5.82 Å². The summed E-state index contributed by atoms with van der Waals surface area (Å²) in [4.78, 5) is 33.2. The number of carbonyl (C=O) groups excluding carboxylic acids is 2. The number of nitrogens with zero attached hydrogens (tertiary/aromatic N) is 4. The lowest BCUT2D eigenvalue weighted by Gasteiger charge is -2.41. The van der Waals surface area contributed by atoms with Crippen molar-refractivity contribution in [2.45, 2.75) is 94.8 Å². The number of nitrogens with one attached hydrogen (secondary N) is 1. The molecule has 5 heterocycles. The number of aromatic nitrogens is 2. The Kier molecular flexibility index (Phi) is 7.38. The Morgan fingerprint density at radius 2 is 2.03 bits per heavy atom. The Hall–Kier alpha value is -1.71. The fraction of sp³-hybridized carbons (Fsp3) is 0.720. The van der Waals surface area contributed by atoms with E-state index in [-0.39, 0.29) is 18.0 Å². The minimum absolute atomic E-state index is 0.0337. The molecule has 1 aromatic heterocycles. The highest BCUT2D eigenvalue weighted by molar-refractivity contribution is 8.05. The van der Waals surface area contributed by atoms with Crippen LogP contribution in [0.15, 0.2) is 10.4 Å². The predicted octanol–water partition coefficient (Wildman–Crippen LogP) is 3.96. The lowest BCUT2D eigenvalue weighted by molar-refractivity contribution is -0.119. The molecule has 8 nitrogen and oxygen atoms in total. The molecule has 2 saturated heterocycles. The molecule has 1 N–H and O–H groups in total. The first-order valence-corrected chi connectivity index (χ1v) is 14.0. The van der Waals surface area contributed by atoms with E-state index in [2.05, 4.69) is 27.8 Å². The van der Waals surface area contributed by atoms with Crippen LogP contribution in [-0.4, -0.2) is 74.9 Å². The molecule has 4 atom stereocenters. The van der Waals surface area contributed by atoms with Crippen LogP contribution < -0.4 is 5.32 Å². The number of allylic oxidation sites excluding steroid dienone is 1. The van der Waals surface area contributed by atoms with E-state index in [0.29, 0.717) is 36.5 Å². The first-order valence-electron chi connectivity index (χ1n) is 12.8. The second-order valence-electron chi connectivity index (χ2n) is 10.3. The van der Waals surface area contributed by atoms with Gasteiger partial charge in [-0.2, -0.15) is 0 Å². The molecular weight excluding hydrogens is 486 g/mol. The number of halogens is 1. The number of aryl methyl sites for hydroxylation is 1. The van der Waals surface area contributed by atoms with Gasteiger partial charge in [-0.1, -0.05) is 17.7 Å². The summed E-state index contributed by atoms with van der Waals surface area (Å²) in [6, 6.07) is 1.75. The van der Waals surface area contributed by atoms with Crippen molar-refractivity contribution in [3.8, 4) is 0 Å². The zero-order valence-electron chi connectivity index (χ0n) is 20.8. The Labute approximate surface area is 216 Å². The third kappa shape index (κ3) is 5.09. The van der Waals surface area contributed by atoms with Crippen LogP contribution in [0.25, 0.3) is 0 Å². The van der Waals surface area contributed by atoms with Gasteiger partial charge < -0.3 is 19.5 Å². The number of imidazole rings is 1. The number of rotatable bonds is 6. The first-order chi connectivity index (χ1) is 16.8. The Balaban J connectivity index is 1.24. The Morgan fingerprint density at radius 3 is 2.66 bits per heavy atom. The highest BCUT2D eigenvalue weighted by atomic mass is 35.5. The second kappa shape index (κ2) is 10.3. The molecule has 35 heavy (non-hydrogen) atoms. The van der Waals surface area contributed by atoms with Gasteiger partial charge in [0.2, 0.25) is 5.91 Å². The maximum absolute atomic E-state index is 12.0. The van der Waals surface area contributed by atoms with Crippen LogP contribution in [0, 0.1) is 6.92 Å². The SMILES string of the molecule is COC(=O)N1CCc2c(nc(C)n2C2CC3CCC(C2)N3CC[C@H](NC(C)=O)C2CC=C(Cl)S2)C1. The van der Waals surface area contributed by atoms with E-state index in [4.69, 9.17) is 21.3 Å². The third-order valence-electron chi connectivity index (χ3n) is 8.20. The lowest BCUT2D eigenvalue weighted by atomic mass is 9.95. The summed E-state index contributed by atoms with van der Waals surface area (Å²) in [5, 5.41) is 3.52. The number of amides is 2. The average molecular weight is 522 g/mol. The molecule has 1 aromatic rings. The topological polar surface area (TPSA) is 79.7 Å². The molecule has 2 bridgehead atoms. The smallest absolute Gasteiger partial charge is 0.409 e. The number of piperidine rings is 1. The molecule has 2 fully saturated rings. The van der Waals surface area contributed by atoms with Gasteiger partial charge in [-0.3, -0.25) is 9.69 Å². The minimum atomic E-state index is -0.277. The summed E-state index contributed by atoms with van der Waals surface area (Å²) < 4.78 is 8.25. The van der Waals surface area contributed by atoms with Crippen molar-refractivity contribution in [3.05, 3.63) is 27.7 Å². The van der Waals surface area contributed by atoms with Crippen LogP contribution in [0.2, 0.25) is 0 Å². The molecule has 0 radical (unpaired) electrons. The van der Waals surface area contributed by atoms with Crippen LogP contribution in [0.1, 0.15) is 68.7 Å². The fourth-order valence-corrected chi connectivity index (χ4v) is 8.20. The van der Waals surface area contributed by atoms with Crippen LogP contribution in [0.3, 0.4) is 0 Å². The summed E-state index contributed by atoms with van der Waals surface area (Å²) in [7, 11) is 1.43. The molecule has 10 heteroatoms. The van der Waals surface area contributed by atoms with Crippen molar-refractivity contribution in [1.82, 2.24) is 24.7 Å². The maximum atomic E-state index is 12.0. The van der Waals surface area contributed by atoms with E-state index in [1.807, 2.05) is 0 Å². The monoisotopic (exact) mass is 521 g/mol. The number of hydrogen-bond donors (Lipinski definition) is 1. The van der Waals surface area contributed by atoms with Gasteiger partial charge in [0.15, 0.2) is 0 Å². The zero-order chi connectivity index (χ0) is 24.7. The van der Waals surface area contributed by atoms with Gasteiger partial charge in [0, 0.05) is 61.5 Å². The second-order valence-corrected chi connectivity index (χ2v) is 12.2. The van der Waals surface area contributed by atoms with Crippen LogP contribution in [0.5, 0.6) is 0 Å². The molecule has 4 aliphatic rings. The molecule has 0 spiro atoms. The van der Waals surface area contributed by atoms with E-state index in [1.165, 1.54) is 25.6 Å². The number of methoxy groups -OCH3 is 1. The van der Waals surface area contributed by atoms with Gasteiger partial charge in [0.25, 0.3) is 0 Å². The Morgan fingerprint density at radius 1 is 1.29 bits per heavy atom. The number of fused-ring (bicyclic) bond motifs is 3. The van der Waals surface area contributed by atoms with Gasteiger partial charge in [-0.15, -0.1) is 11.8 Å². The van der Waals surface area contributed by atoms with E-state index in [9.17, 15) is 9.59 Å². The van der Waals surface area contributed by atoms with Gasteiger partial charge >= 0.3 is 6.09 Å². The molecule has 0 aliphatic carbocycles. The summed E-state index contributed by atoms with van der Waals surface area (Å²) in [6.45, 7) is 5.93. The molecule has 0 aromatic carbocycles. The van der Waals surface area contributed by atoms with E-state index in [0.717, 1.165) is 54.5 Å². The summed E-state index contributed by atoms with van der Waals surface area (Å²) in [5.74, 6) is 1.10. The molecular formula is C25H36ClN5O3S. The van der Waals surface area contributed by atoms with Gasteiger partial charge in [-0.05, 0) is 45.4 Å². The zero-order valence-corrected chi connectivity index (χ0v) is 22.4. The third-order valence-corrected chi connectivity index (χ3v) is 9.83. The van der Waals surface area contributed by atoms with Crippen molar-refractivity contribution in [3.63, 3.8) is 0 Å². The van der Waals surface area contributed by atoms with Crippen molar-refractivity contribution in [2.24, 2.45) is 0 Å². The highest BCUT2D eigenvalue weighted by Crippen LogP contribution is 2.43. The van der Waals surface area contributed by atoms with Crippen molar-refractivity contribution < 1.29 is 14.3 Å². The van der Waals surface area contributed by atoms with Gasteiger partial charge in [0.05, 0.1) is 23.7 Å². The molecule has 5 rings (SSSR count). The standard InChI is InChI=1S/C25H36ClN5O3S/c1-15-27-21-14-29(25(33)34-3)10-9-22(21)31(15)19-12-17-4-5-18(13-19)30(17)11-8-20(28-16(2)32)23-6-7-24(26)35-23/h7,17-20,23H,4-6,8-14H2,1-3H3,(H,28,32)/t17?,18?,19?,20-,23?/m0/s1. The van der Waals surface area contributed by atoms with Gasteiger partial charge in [-0.25, -0.2) is 9.78 Å².